The average molecular weight is 536 g/mol. The monoisotopic (exact) mass is 536 g/mol. The molecule has 0 spiro atoms. The molecule has 0 saturated carbocycles. The number of rotatable bonds is 0. The van der Waals surface area contributed by atoms with E-state index < -0.39 is 11.0 Å². The summed E-state index contributed by atoms with van der Waals surface area (Å²) in [6, 6.07) is 0. The van der Waals surface area contributed by atoms with E-state index in [0.717, 1.165) is 0 Å². The zero-order chi connectivity index (χ0) is 25.0. The van der Waals surface area contributed by atoms with E-state index in [2.05, 4.69) is 78.5 Å². The van der Waals surface area contributed by atoms with E-state index in [1.807, 2.05) is 0 Å². The fourth-order valence-electron chi connectivity index (χ4n) is 0. The van der Waals surface area contributed by atoms with E-state index in [9.17, 15) is 26.3 Å². The molecule has 0 aromatic rings. The molecule has 0 amide bonds. The molecule has 0 heterocycles. The van der Waals surface area contributed by atoms with Crippen LogP contribution in [0.25, 0.3) is 0 Å². The molecule has 0 unspecified atom stereocenters. The van der Waals surface area contributed by atoms with Crippen LogP contribution in [0.15, 0.2) is 0 Å². The molecule has 0 fully saturated rings. The molecule has 2 radical (unpaired) electrons. The Bertz CT molecular complexity index is 277. The van der Waals surface area contributed by atoms with Crippen molar-refractivity contribution < 1.29 is 97.7 Å². The molecule has 0 N–H and O–H groups in total. The first-order valence-corrected chi connectivity index (χ1v) is 3.99. The number of hydrogen-bond acceptors (Lipinski definition) is 2. The van der Waals surface area contributed by atoms with Crippen molar-refractivity contribution in [3.8, 4) is 0 Å². The van der Waals surface area contributed by atoms with Crippen LogP contribution in [0, 0.1) is 53.2 Å². The van der Waals surface area contributed by atoms with Crippen LogP contribution in [0.3, 0.4) is 0 Å². The average Bonchev–Trinajstić information content (AvgIpc) is 2.65. The van der Waals surface area contributed by atoms with Gasteiger partial charge in [0.2, 0.25) is 0 Å². The molecule has 0 aliphatic carbocycles. The molecular weight excluding hydrogens is 536 g/mol. The third-order valence-electron chi connectivity index (χ3n) is 0. The number of hydrogen-bond donors (Lipinski definition) is 0. The Balaban J connectivity index is -0.0000000105. The Kier molecular flexibility index (Phi) is 382. The minimum absolute atomic E-state index is 0. The van der Waals surface area contributed by atoms with Gasteiger partial charge in [-0.3, -0.25) is 0 Å². The minimum Gasteiger partial charge on any atom is 0 e. The predicted octanol–water partition coefficient (Wildman–Crippen LogP) is 1.80. The Morgan fingerprint density at radius 2 is 0.357 bits per heavy atom. The summed E-state index contributed by atoms with van der Waals surface area (Å²) in [6.07, 6.45) is 0. The predicted molar refractivity (Wildman–Crippen MR) is 58.3 cm³/mol. The van der Waals surface area contributed by atoms with E-state index in [1.165, 1.54) is 0 Å². The van der Waals surface area contributed by atoms with Gasteiger partial charge in [-0.25, -0.2) is 0 Å². The van der Waals surface area contributed by atoms with Crippen molar-refractivity contribution >= 4 is 25.3 Å². The summed E-state index contributed by atoms with van der Waals surface area (Å²) in [6.45, 7) is 36.0. The second kappa shape index (κ2) is 132. The molecule has 0 aromatic carbocycles. The van der Waals surface area contributed by atoms with Gasteiger partial charge in [-0.1, -0.05) is 0 Å². The van der Waals surface area contributed by atoms with Crippen molar-refractivity contribution in [1.82, 2.24) is 0 Å². The molecule has 8 nitrogen and oxygen atoms in total. The molecule has 0 atom stereocenters. The first-order valence-electron chi connectivity index (χ1n) is 3.18. The molecule has 28 heavy (non-hydrogen) atoms. The maximum Gasteiger partial charge on any atom is 0 e. The van der Waals surface area contributed by atoms with Crippen LogP contribution in [-0.2, 0) is 96.6 Å². The molecule has 0 rings (SSSR count). The SMILES string of the molecule is FC(F)(F)[S-].FC(F)(F)[S-].[C-]#[O+].[C-]#[O+].[C-]#[O+].[C-]#[O+].[C-]#[O+].[C-]#[O+].[C-]#[O+].[C-]#[O+].[Mn].[Mn]. The summed E-state index contributed by atoms with van der Waals surface area (Å²) in [5.74, 6) is 0. The van der Waals surface area contributed by atoms with Crippen LogP contribution in [0.2, 0.25) is 0 Å². The van der Waals surface area contributed by atoms with Gasteiger partial charge in [0.25, 0.3) is 11.0 Å². The van der Waals surface area contributed by atoms with Crippen LogP contribution in [0.1, 0.15) is 0 Å². The number of halogens is 6. The summed E-state index contributed by atoms with van der Waals surface area (Å²) >= 11 is 5.65. The van der Waals surface area contributed by atoms with E-state index >= 15 is 0 Å². The van der Waals surface area contributed by atoms with Gasteiger partial charge < -0.3 is 25.3 Å². The summed E-state index contributed by atoms with van der Waals surface area (Å²) < 4.78 is 121. The summed E-state index contributed by atoms with van der Waals surface area (Å²) in [5.41, 5.74) is -8.83. The van der Waals surface area contributed by atoms with E-state index in [-0.39, 0.29) is 34.1 Å². The topological polar surface area (TPSA) is 159 Å². The van der Waals surface area contributed by atoms with Crippen LogP contribution >= 0.6 is 0 Å². The zero-order valence-corrected chi connectivity index (χ0v) is 16.1. The summed E-state index contributed by atoms with van der Waals surface area (Å²) in [5, 5.41) is 0. The Morgan fingerprint density at radius 1 is 0.357 bits per heavy atom. The van der Waals surface area contributed by atoms with Gasteiger partial charge in [-0.2, -0.15) is 26.3 Å². The zero-order valence-electron chi connectivity index (χ0n) is 12.1. The van der Waals surface area contributed by atoms with E-state index in [0.29, 0.717) is 0 Å². The Labute approximate surface area is 187 Å². The van der Waals surface area contributed by atoms with Crippen molar-refractivity contribution in [1.29, 1.82) is 0 Å². The van der Waals surface area contributed by atoms with Crippen molar-refractivity contribution in [2.24, 2.45) is 0 Å². The standard InChI is InChI=1S/2CHF3S.8CO.2Mn/c2*2-1(3,4)5;8*1-2;;/h2*5H;;;;;;;;;;/p-2. The molecule has 0 aromatic heterocycles. The largest absolute Gasteiger partial charge is 0 e. The van der Waals surface area contributed by atoms with Gasteiger partial charge in [-0.05, 0) is 0 Å². The maximum atomic E-state index is 10.2. The molecule has 0 aliphatic heterocycles. The summed E-state index contributed by atoms with van der Waals surface area (Å²) in [4.78, 5) is 0. The smallest absolute Gasteiger partial charge is 0 e. The van der Waals surface area contributed by atoms with Crippen molar-refractivity contribution in [3.05, 3.63) is 53.2 Å². The van der Waals surface area contributed by atoms with E-state index in [1.54, 1.807) is 0 Å². The quantitative estimate of drug-likeness (QED) is 0.152. The molecule has 0 saturated heterocycles. The first-order chi connectivity index (χ1) is 12.0. The van der Waals surface area contributed by atoms with E-state index in [4.69, 9.17) is 37.2 Å². The second-order valence-corrected chi connectivity index (χ2v) is 1.82. The molecular formula is C10F6Mn2O8S2-2. The van der Waals surface area contributed by atoms with Gasteiger partial charge in [0.05, 0.1) is 0 Å². The maximum absolute atomic E-state index is 10.2. The first kappa shape index (κ1) is 80.8. The van der Waals surface area contributed by atoms with Crippen molar-refractivity contribution in [2.45, 2.75) is 11.0 Å². The second-order valence-electron chi connectivity index (χ2n) is 0.891. The third-order valence-corrected chi connectivity index (χ3v) is 0. The molecule has 158 valence electrons. The number of alkyl halides is 6. The van der Waals surface area contributed by atoms with Crippen molar-refractivity contribution in [3.63, 3.8) is 0 Å². The van der Waals surface area contributed by atoms with Gasteiger partial charge in [0.1, 0.15) is 0 Å². The van der Waals surface area contributed by atoms with Crippen LogP contribution in [0.5, 0.6) is 0 Å². The molecule has 0 bridgehead atoms. The van der Waals surface area contributed by atoms with Crippen LogP contribution < -0.4 is 0 Å². The van der Waals surface area contributed by atoms with Gasteiger partial charge in [-0.15, -0.1) is 0 Å². The van der Waals surface area contributed by atoms with Gasteiger partial charge >= 0.3 is 90.4 Å². The van der Waals surface area contributed by atoms with Gasteiger partial charge in [0, 0.05) is 34.1 Å². The van der Waals surface area contributed by atoms with Crippen molar-refractivity contribution in [2.75, 3.05) is 0 Å². The molecule has 18 heteroatoms. The third kappa shape index (κ3) is 25600. The van der Waals surface area contributed by atoms with Crippen LogP contribution in [-0.4, -0.2) is 11.0 Å². The molecule has 0 aliphatic rings. The summed E-state index contributed by atoms with van der Waals surface area (Å²) in [7, 11) is 0. The van der Waals surface area contributed by atoms with Gasteiger partial charge in [0.15, 0.2) is 0 Å². The Morgan fingerprint density at radius 3 is 0.357 bits per heavy atom. The minimum atomic E-state index is -4.42. The Hall–Kier alpha value is -0.761. The van der Waals surface area contributed by atoms with Crippen LogP contribution in [0.4, 0.5) is 26.3 Å². The fraction of sp³-hybridized carbons (Fsp3) is 0.200. The fourth-order valence-corrected chi connectivity index (χ4v) is 0. The normalized spacial score (nSPS) is 4.86.